The fraction of sp³-hybridized carbons (Fsp3) is 0.732. The molecule has 1 aliphatic heterocycles. The average Bonchev–Trinajstić information content (AvgIpc) is 3.83. The van der Waals surface area contributed by atoms with Gasteiger partial charge in [0.2, 0.25) is 23.6 Å². The highest BCUT2D eigenvalue weighted by atomic mass is 16.5. The average molecular weight is 758 g/mol. The molecule has 1 saturated carbocycles. The Morgan fingerprint density at radius 1 is 0.852 bits per heavy atom. The fourth-order valence-corrected chi connectivity index (χ4v) is 8.69. The molecule has 1 aromatic rings. The van der Waals surface area contributed by atoms with Crippen LogP contribution in [0.4, 0.5) is 0 Å². The normalized spacial score (nSPS) is 20.3. The van der Waals surface area contributed by atoms with Gasteiger partial charge < -0.3 is 35.0 Å². The number of aliphatic carboxylic acids is 1. The van der Waals surface area contributed by atoms with Gasteiger partial charge in [0.25, 0.3) is 0 Å². The number of nitrogens with zero attached hydrogens (tertiary/aromatic N) is 3. The van der Waals surface area contributed by atoms with Gasteiger partial charge in [0.15, 0.2) is 0 Å². The molecule has 0 unspecified atom stereocenters. The molecule has 1 heterocycles. The smallest absolute Gasteiger partial charge is 0.326 e. The maximum absolute atomic E-state index is 14.3. The summed E-state index contributed by atoms with van der Waals surface area (Å²) in [6.07, 6.45) is 4.06. The summed E-state index contributed by atoms with van der Waals surface area (Å²) in [7, 11) is 8.56. The molecule has 0 bridgehead atoms. The lowest BCUT2D eigenvalue weighted by molar-refractivity contribution is -0.148. The first-order valence-corrected chi connectivity index (χ1v) is 19.7. The number of likely N-dealkylation sites (tertiary alicyclic amines) is 1. The minimum absolute atomic E-state index is 0.0235. The van der Waals surface area contributed by atoms with Gasteiger partial charge in [0, 0.05) is 34.2 Å². The molecule has 3 N–H and O–H groups in total. The van der Waals surface area contributed by atoms with Crippen LogP contribution in [0.5, 0.6) is 0 Å². The molecule has 2 fully saturated rings. The number of amides is 4. The molecule has 1 aromatic carbocycles. The number of carboxylic acids is 1. The minimum atomic E-state index is -1.13. The predicted molar refractivity (Wildman–Crippen MR) is 207 cm³/mol. The largest absolute Gasteiger partial charge is 0.480 e. The van der Waals surface area contributed by atoms with Crippen molar-refractivity contribution in [2.24, 2.45) is 23.7 Å². The van der Waals surface area contributed by atoms with Gasteiger partial charge in [-0.15, -0.1) is 0 Å². The van der Waals surface area contributed by atoms with Crippen LogP contribution < -0.4 is 10.6 Å². The predicted octanol–water partition coefficient (Wildman–Crippen LogP) is 3.59. The summed E-state index contributed by atoms with van der Waals surface area (Å²) in [5.74, 6) is -2.92. The molecule has 1 aliphatic carbocycles. The number of benzene rings is 1. The highest BCUT2D eigenvalue weighted by Crippen LogP contribution is 2.35. The lowest BCUT2D eigenvalue weighted by Crippen LogP contribution is -2.59. The Balaban J connectivity index is 1.79. The fourth-order valence-electron chi connectivity index (χ4n) is 8.69. The number of ether oxygens (including phenoxy) is 2. The van der Waals surface area contributed by atoms with E-state index in [1.165, 1.54) is 7.11 Å². The number of likely N-dealkylation sites (N-methyl/N-ethyl adjacent to an activating group) is 2. The zero-order valence-corrected chi connectivity index (χ0v) is 34.2. The molecule has 0 spiro atoms. The Morgan fingerprint density at radius 2 is 1.48 bits per heavy atom. The van der Waals surface area contributed by atoms with Gasteiger partial charge in [-0.1, -0.05) is 77.8 Å². The van der Waals surface area contributed by atoms with E-state index in [9.17, 15) is 29.1 Å². The second kappa shape index (κ2) is 20.9. The lowest BCUT2D eigenvalue weighted by Gasteiger charge is -2.41. The lowest BCUT2D eigenvalue weighted by atomic mass is 9.88. The first-order valence-electron chi connectivity index (χ1n) is 19.7. The van der Waals surface area contributed by atoms with Crippen molar-refractivity contribution in [3.05, 3.63) is 35.9 Å². The summed E-state index contributed by atoms with van der Waals surface area (Å²) in [5.41, 5.74) is 0.790. The molecular formula is C41H67N5O8. The molecule has 4 amide bonds. The van der Waals surface area contributed by atoms with Crippen molar-refractivity contribution in [1.29, 1.82) is 0 Å². The molecule has 13 heteroatoms. The number of carbonyl (C=O) groups excluding carboxylic acids is 4. The van der Waals surface area contributed by atoms with E-state index in [0.29, 0.717) is 13.0 Å². The zero-order chi connectivity index (χ0) is 40.3. The van der Waals surface area contributed by atoms with Crippen molar-refractivity contribution in [3.63, 3.8) is 0 Å². The van der Waals surface area contributed by atoms with Crippen molar-refractivity contribution in [1.82, 2.24) is 25.3 Å². The third-order valence-corrected chi connectivity index (χ3v) is 11.5. The van der Waals surface area contributed by atoms with E-state index < -0.39 is 60.2 Å². The second-order valence-corrected chi connectivity index (χ2v) is 16.2. The number of hydrogen-bond acceptors (Lipinski definition) is 8. The van der Waals surface area contributed by atoms with Gasteiger partial charge in [0.1, 0.15) is 12.1 Å². The van der Waals surface area contributed by atoms with Gasteiger partial charge in [0.05, 0.1) is 42.7 Å². The summed E-state index contributed by atoms with van der Waals surface area (Å²) >= 11 is 0. The van der Waals surface area contributed by atoms with Crippen LogP contribution in [0.3, 0.4) is 0 Å². The molecule has 3 rings (SSSR count). The van der Waals surface area contributed by atoms with E-state index >= 15 is 0 Å². The number of carbonyl (C=O) groups is 5. The summed E-state index contributed by atoms with van der Waals surface area (Å²) < 4.78 is 12.0. The first-order chi connectivity index (χ1) is 25.5. The van der Waals surface area contributed by atoms with Crippen LogP contribution in [0.15, 0.2) is 30.3 Å². The third kappa shape index (κ3) is 11.5. The Bertz CT molecular complexity index is 1380. The van der Waals surface area contributed by atoms with Crippen LogP contribution in [-0.2, 0) is 39.9 Å². The van der Waals surface area contributed by atoms with Gasteiger partial charge in [-0.2, -0.15) is 0 Å². The summed E-state index contributed by atoms with van der Waals surface area (Å²) in [4.78, 5) is 73.0. The maximum Gasteiger partial charge on any atom is 0.326 e. The zero-order valence-electron chi connectivity index (χ0n) is 34.2. The van der Waals surface area contributed by atoms with E-state index in [0.717, 1.165) is 37.7 Å². The molecular weight excluding hydrogens is 690 g/mol. The number of methoxy groups -OCH3 is 2. The molecule has 0 aromatic heterocycles. The molecule has 0 radical (unpaired) electrons. The van der Waals surface area contributed by atoms with Gasteiger partial charge in [-0.05, 0) is 63.1 Å². The van der Waals surface area contributed by atoms with Gasteiger partial charge in [-0.25, -0.2) is 4.79 Å². The number of carboxylic acid groups (broad SMARTS) is 1. The number of nitrogens with one attached hydrogen (secondary N) is 2. The van der Waals surface area contributed by atoms with Crippen molar-refractivity contribution in [3.8, 4) is 0 Å². The third-order valence-electron chi connectivity index (χ3n) is 11.5. The monoisotopic (exact) mass is 757 g/mol. The highest BCUT2D eigenvalue weighted by molar-refractivity contribution is 5.90. The highest BCUT2D eigenvalue weighted by Gasteiger charge is 2.44. The Labute approximate surface area is 322 Å². The Hall–Kier alpha value is -3.55. The van der Waals surface area contributed by atoms with E-state index in [1.54, 1.807) is 30.9 Å². The minimum Gasteiger partial charge on any atom is -0.480 e. The van der Waals surface area contributed by atoms with E-state index in [2.05, 4.69) is 10.6 Å². The van der Waals surface area contributed by atoms with Crippen molar-refractivity contribution < 1.29 is 38.6 Å². The summed E-state index contributed by atoms with van der Waals surface area (Å²) in [6, 6.07) is 6.04. The SMILES string of the molecule is CO[C@H]([C@@H](C)C(=O)N[C@@H](Cc1ccccc1)C(=O)O)[C@@H]1CCCN1C(=O)C[C@@H](OC)[C@H](C1CCCC1)N(C)C(=O)[C@@H](NC(=O)[C@H](C(C)C)N(C)C)C(C)C. The second-order valence-electron chi connectivity index (χ2n) is 16.2. The van der Waals surface area contributed by atoms with Crippen molar-refractivity contribution in [2.75, 3.05) is 41.9 Å². The van der Waals surface area contributed by atoms with E-state index in [4.69, 9.17) is 9.47 Å². The molecule has 54 heavy (non-hydrogen) atoms. The standard InChI is InChI=1S/C41H67N5O8/c1-25(2)34(43-39(49)35(26(3)4)44(6)7)40(50)45(8)36(29-19-14-15-20-29)32(53-9)24-33(47)46-22-16-21-31(46)37(54-10)27(5)38(48)42-30(41(51)52)23-28-17-12-11-13-18-28/h11-13,17-18,25-27,29-32,34-37H,14-16,19-24H2,1-10H3,(H,42,48)(H,43,49)(H,51,52)/t27-,30+,31+,32-,34+,35+,36+,37-/m1/s1. The first kappa shape index (κ1) is 44.8. The number of hydrogen-bond donors (Lipinski definition) is 3. The van der Waals surface area contributed by atoms with Crippen LogP contribution in [0.25, 0.3) is 0 Å². The Kier molecular flexibility index (Phi) is 17.4. The van der Waals surface area contributed by atoms with E-state index in [-0.39, 0.29) is 48.3 Å². The van der Waals surface area contributed by atoms with Crippen LogP contribution >= 0.6 is 0 Å². The van der Waals surface area contributed by atoms with E-state index in [1.807, 2.05) is 77.0 Å². The number of rotatable bonds is 20. The van der Waals surface area contributed by atoms with Crippen LogP contribution in [0.1, 0.15) is 85.1 Å². The summed E-state index contributed by atoms with van der Waals surface area (Å²) in [5, 5.41) is 15.6. The van der Waals surface area contributed by atoms with Crippen LogP contribution in [0, 0.1) is 23.7 Å². The molecule has 2 aliphatic rings. The van der Waals surface area contributed by atoms with Crippen molar-refractivity contribution in [2.45, 2.75) is 128 Å². The molecule has 8 atom stereocenters. The van der Waals surface area contributed by atoms with Crippen LogP contribution in [-0.4, -0.2) is 134 Å². The molecule has 1 saturated heterocycles. The summed E-state index contributed by atoms with van der Waals surface area (Å²) in [6.45, 7) is 9.99. The molecule has 13 nitrogen and oxygen atoms in total. The van der Waals surface area contributed by atoms with Gasteiger partial charge in [-0.3, -0.25) is 24.1 Å². The topological polar surface area (TPSA) is 158 Å². The van der Waals surface area contributed by atoms with Crippen molar-refractivity contribution >= 4 is 29.6 Å². The maximum atomic E-state index is 14.3. The quantitative estimate of drug-likeness (QED) is 0.181. The van der Waals surface area contributed by atoms with Gasteiger partial charge >= 0.3 is 5.97 Å². The van der Waals surface area contributed by atoms with Crippen LogP contribution in [0.2, 0.25) is 0 Å². The Morgan fingerprint density at radius 3 is 2.00 bits per heavy atom. The molecule has 304 valence electrons.